The highest BCUT2D eigenvalue weighted by molar-refractivity contribution is 6.01. The van der Waals surface area contributed by atoms with Gasteiger partial charge < -0.3 is 15.8 Å². The predicted molar refractivity (Wildman–Crippen MR) is 114 cm³/mol. The summed E-state index contributed by atoms with van der Waals surface area (Å²) in [5, 5.41) is 9.09. The molecule has 5 rings (SSSR count). The minimum atomic E-state index is -0.304. The maximum absolute atomic E-state index is 12.8. The van der Waals surface area contributed by atoms with Gasteiger partial charge in [-0.15, -0.1) is 0 Å². The van der Waals surface area contributed by atoms with Crippen LogP contribution in [0.15, 0.2) is 60.8 Å². The summed E-state index contributed by atoms with van der Waals surface area (Å²) in [6, 6.07) is 17.0. The number of nitrogen functional groups attached to an aromatic ring is 1. The number of methoxy groups -OCH3 is 1. The van der Waals surface area contributed by atoms with Crippen molar-refractivity contribution in [1.29, 1.82) is 0 Å². The average molecular weight is 398 g/mol. The number of ether oxygens (including phenoxy) is 1. The van der Waals surface area contributed by atoms with E-state index in [1.54, 1.807) is 19.4 Å². The molecule has 8 nitrogen and oxygen atoms in total. The van der Waals surface area contributed by atoms with E-state index >= 15 is 0 Å². The third-order valence-corrected chi connectivity index (χ3v) is 5.04. The number of amides is 1. The number of benzene rings is 2. The number of nitrogens with two attached hydrogens (primary N) is 1. The number of nitrogens with zero attached hydrogens (tertiary/aromatic N) is 4. The highest BCUT2D eigenvalue weighted by atomic mass is 16.5. The van der Waals surface area contributed by atoms with Crippen molar-refractivity contribution in [1.82, 2.24) is 24.9 Å². The number of hydrogen-bond donors (Lipinski definition) is 2. The molecule has 3 aromatic heterocycles. The summed E-state index contributed by atoms with van der Waals surface area (Å²) < 4.78 is 6.84. The summed E-state index contributed by atoms with van der Waals surface area (Å²) in [4.78, 5) is 21.6. The lowest BCUT2D eigenvalue weighted by Gasteiger charge is -2.07. The third-order valence-electron chi connectivity index (χ3n) is 5.04. The lowest BCUT2D eigenvalue weighted by molar-refractivity contribution is 0.0946. The van der Waals surface area contributed by atoms with Crippen molar-refractivity contribution in [2.24, 2.45) is 0 Å². The van der Waals surface area contributed by atoms with Gasteiger partial charge in [-0.05, 0) is 23.8 Å². The van der Waals surface area contributed by atoms with Gasteiger partial charge >= 0.3 is 0 Å². The minimum Gasteiger partial charge on any atom is -0.494 e. The van der Waals surface area contributed by atoms with Crippen LogP contribution in [0.4, 0.5) is 5.95 Å². The normalized spacial score (nSPS) is 11.2. The molecule has 0 saturated heterocycles. The van der Waals surface area contributed by atoms with E-state index < -0.39 is 0 Å². The molecule has 0 aliphatic rings. The minimum absolute atomic E-state index is 0.180. The molecule has 0 spiro atoms. The van der Waals surface area contributed by atoms with Gasteiger partial charge in [0.25, 0.3) is 5.91 Å². The molecule has 0 radical (unpaired) electrons. The van der Waals surface area contributed by atoms with Gasteiger partial charge in [-0.2, -0.15) is 9.61 Å². The fourth-order valence-electron chi connectivity index (χ4n) is 3.61. The molecule has 8 heteroatoms. The molecule has 0 saturated carbocycles. The summed E-state index contributed by atoms with van der Waals surface area (Å²) in [6.07, 6.45) is 1.74. The third kappa shape index (κ3) is 2.86. The quantitative estimate of drug-likeness (QED) is 0.482. The summed E-state index contributed by atoms with van der Waals surface area (Å²) in [5.41, 5.74) is 9.44. The first-order valence-corrected chi connectivity index (χ1v) is 9.38. The van der Waals surface area contributed by atoms with Gasteiger partial charge in [0.2, 0.25) is 5.95 Å². The maximum atomic E-state index is 12.8. The van der Waals surface area contributed by atoms with Crippen LogP contribution in [0.5, 0.6) is 5.75 Å². The number of para-hydroxylation sites is 2. The van der Waals surface area contributed by atoms with Gasteiger partial charge in [0, 0.05) is 23.5 Å². The summed E-state index contributed by atoms with van der Waals surface area (Å²) in [6.45, 7) is 0.337. The number of aromatic nitrogens is 4. The van der Waals surface area contributed by atoms with E-state index in [0.29, 0.717) is 23.3 Å². The molecule has 0 aliphatic carbocycles. The van der Waals surface area contributed by atoms with Crippen molar-refractivity contribution < 1.29 is 9.53 Å². The highest BCUT2D eigenvalue weighted by Crippen LogP contribution is 2.28. The Hall–Kier alpha value is -4.20. The number of pyridine rings is 1. The second kappa shape index (κ2) is 7.00. The molecule has 148 valence electrons. The molecule has 0 atom stereocenters. The van der Waals surface area contributed by atoms with Crippen LogP contribution >= 0.6 is 0 Å². The van der Waals surface area contributed by atoms with Crippen molar-refractivity contribution in [3.63, 3.8) is 0 Å². The van der Waals surface area contributed by atoms with Gasteiger partial charge in [0.1, 0.15) is 11.3 Å². The standard InChI is InChI=1S/C22H18N6O2/c1-30-18-9-3-8-15-17-11-16(27-28(17)22(23)26-20(15)18)21(29)25-12-14-6-2-5-13-7-4-10-24-19(13)14/h2-11H,12H2,1H3,(H2,23,26)(H,25,29). The lowest BCUT2D eigenvalue weighted by atomic mass is 10.1. The van der Waals surface area contributed by atoms with E-state index in [2.05, 4.69) is 20.4 Å². The molecular formula is C22H18N6O2. The number of fused-ring (bicyclic) bond motifs is 4. The summed E-state index contributed by atoms with van der Waals surface area (Å²) in [7, 11) is 1.58. The number of rotatable bonds is 4. The molecule has 1 amide bonds. The zero-order valence-electron chi connectivity index (χ0n) is 16.2. The van der Waals surface area contributed by atoms with E-state index in [1.165, 1.54) is 4.52 Å². The zero-order valence-corrected chi connectivity index (χ0v) is 16.2. The fraction of sp³-hybridized carbons (Fsp3) is 0.0909. The van der Waals surface area contributed by atoms with Crippen LogP contribution in [0.2, 0.25) is 0 Å². The Labute approximate surface area is 171 Å². The number of carbonyl (C=O) groups excluding carboxylic acids is 1. The van der Waals surface area contributed by atoms with E-state index in [9.17, 15) is 4.79 Å². The molecule has 30 heavy (non-hydrogen) atoms. The first-order valence-electron chi connectivity index (χ1n) is 9.38. The molecule has 5 aromatic rings. The topological polar surface area (TPSA) is 107 Å². The molecule has 3 N–H and O–H groups in total. The van der Waals surface area contributed by atoms with Crippen molar-refractivity contribution in [2.75, 3.05) is 12.8 Å². The smallest absolute Gasteiger partial charge is 0.272 e. The number of hydrogen-bond acceptors (Lipinski definition) is 6. The van der Waals surface area contributed by atoms with E-state index in [1.807, 2.05) is 48.5 Å². The molecule has 0 unspecified atom stereocenters. The SMILES string of the molecule is COc1cccc2c1nc(N)n1nc(C(=O)NCc3cccc4cccnc34)cc21. The molecule has 3 heterocycles. The van der Waals surface area contributed by atoms with Crippen molar-refractivity contribution in [3.05, 3.63) is 72.1 Å². The van der Waals surface area contributed by atoms with Crippen LogP contribution in [-0.2, 0) is 6.54 Å². The zero-order chi connectivity index (χ0) is 20.7. The van der Waals surface area contributed by atoms with Gasteiger partial charge in [0.15, 0.2) is 5.69 Å². The van der Waals surface area contributed by atoms with Crippen molar-refractivity contribution >= 4 is 39.2 Å². The average Bonchev–Trinajstić information content (AvgIpc) is 3.24. The van der Waals surface area contributed by atoms with Gasteiger partial charge in [0.05, 0.1) is 18.1 Å². The van der Waals surface area contributed by atoms with Gasteiger partial charge in [-0.3, -0.25) is 9.78 Å². The lowest BCUT2D eigenvalue weighted by Crippen LogP contribution is -2.23. The van der Waals surface area contributed by atoms with Crippen LogP contribution < -0.4 is 15.8 Å². The Morgan fingerprint density at radius 3 is 2.83 bits per heavy atom. The van der Waals surface area contributed by atoms with Crippen molar-refractivity contribution in [3.8, 4) is 5.75 Å². The largest absolute Gasteiger partial charge is 0.494 e. The first-order chi connectivity index (χ1) is 14.7. The Morgan fingerprint density at radius 1 is 1.13 bits per heavy atom. The number of anilines is 1. The van der Waals surface area contributed by atoms with Crippen LogP contribution in [0, 0.1) is 0 Å². The first kappa shape index (κ1) is 17.9. The Kier molecular flexibility index (Phi) is 4.17. The van der Waals surface area contributed by atoms with E-state index in [0.717, 1.165) is 21.9 Å². The van der Waals surface area contributed by atoms with E-state index in [4.69, 9.17) is 10.5 Å². The summed E-state index contributed by atoms with van der Waals surface area (Å²) in [5.74, 6) is 0.485. The Bertz CT molecular complexity index is 1420. The second-order valence-electron chi connectivity index (χ2n) is 6.83. The van der Waals surface area contributed by atoms with Gasteiger partial charge in [-0.1, -0.05) is 36.4 Å². The molecule has 2 aromatic carbocycles. The fourth-order valence-corrected chi connectivity index (χ4v) is 3.61. The molecule has 0 fully saturated rings. The van der Waals surface area contributed by atoms with Crippen LogP contribution in [0.3, 0.4) is 0 Å². The van der Waals surface area contributed by atoms with Gasteiger partial charge in [-0.25, -0.2) is 4.98 Å². The van der Waals surface area contributed by atoms with Crippen LogP contribution in [0.1, 0.15) is 16.1 Å². The molecular weight excluding hydrogens is 380 g/mol. The molecule has 0 bridgehead atoms. The van der Waals surface area contributed by atoms with E-state index in [-0.39, 0.29) is 17.5 Å². The Balaban J connectivity index is 1.49. The Morgan fingerprint density at radius 2 is 1.97 bits per heavy atom. The molecule has 0 aliphatic heterocycles. The predicted octanol–water partition coefficient (Wildman–Crippen LogP) is 2.95. The monoisotopic (exact) mass is 398 g/mol. The maximum Gasteiger partial charge on any atom is 0.272 e. The van der Waals surface area contributed by atoms with Crippen LogP contribution in [0.25, 0.3) is 27.3 Å². The van der Waals surface area contributed by atoms with Crippen LogP contribution in [-0.4, -0.2) is 32.6 Å². The number of carbonyl (C=O) groups is 1. The number of nitrogens with one attached hydrogen (secondary N) is 1. The second-order valence-corrected chi connectivity index (χ2v) is 6.83. The highest BCUT2D eigenvalue weighted by Gasteiger charge is 2.17. The van der Waals surface area contributed by atoms with Crippen molar-refractivity contribution in [2.45, 2.75) is 6.54 Å². The summed E-state index contributed by atoms with van der Waals surface area (Å²) >= 11 is 0.